The Balaban J connectivity index is 3.15. The third kappa shape index (κ3) is 2.55. The van der Waals surface area contributed by atoms with Crippen molar-refractivity contribution in [3.63, 3.8) is 0 Å². The Labute approximate surface area is 97.5 Å². The molecule has 0 heterocycles. The van der Waals surface area contributed by atoms with E-state index in [1.807, 2.05) is 0 Å². The zero-order valence-corrected chi connectivity index (χ0v) is 9.46. The molecule has 6 heteroatoms. The number of hydrogen-bond acceptors (Lipinski definition) is 4. The molecule has 0 saturated heterocycles. The second kappa shape index (κ2) is 5.24. The summed E-state index contributed by atoms with van der Waals surface area (Å²) in [4.78, 5) is 10.9. The molecule has 1 N–H and O–H groups in total. The maximum Gasteiger partial charge on any atom is 0.326 e. The van der Waals surface area contributed by atoms with Crippen LogP contribution in [0.1, 0.15) is 0 Å². The van der Waals surface area contributed by atoms with Crippen LogP contribution in [0.5, 0.6) is 11.5 Å². The second-order valence-electron chi connectivity index (χ2n) is 2.75. The summed E-state index contributed by atoms with van der Waals surface area (Å²) in [6, 6.07) is 4.41. The fourth-order valence-corrected chi connectivity index (χ4v) is 1.34. The van der Waals surface area contributed by atoms with Gasteiger partial charge in [0.2, 0.25) is 0 Å². The van der Waals surface area contributed by atoms with E-state index in [1.165, 1.54) is 32.4 Å². The molecular weight excluding hydrogens is 232 g/mol. The molecule has 0 atom stereocenters. The number of nitrogens with one attached hydrogen (secondary N) is 1. The molecule has 0 spiro atoms. The lowest BCUT2D eigenvalue weighted by molar-refractivity contribution is -0.111. The van der Waals surface area contributed by atoms with Crippen molar-refractivity contribution in [3.05, 3.63) is 17.2 Å². The second-order valence-corrected chi connectivity index (χ2v) is 3.16. The molecule has 0 fully saturated rings. The lowest BCUT2D eigenvalue weighted by Crippen LogP contribution is -2.09. The predicted octanol–water partition coefficient (Wildman–Crippen LogP) is 1.82. The van der Waals surface area contributed by atoms with E-state index < -0.39 is 5.91 Å². The Hall–Kier alpha value is -1.93. The largest absolute Gasteiger partial charge is 0.495 e. The van der Waals surface area contributed by atoms with Gasteiger partial charge in [0, 0.05) is 12.1 Å². The molecule has 1 amide bonds. The summed E-state index contributed by atoms with van der Waals surface area (Å²) in [5.74, 6) is -0.0484. The standard InChI is InChI=1S/C10H9ClN2O3/c1-15-8-4-7(13-10(14)5-12)9(16-2)3-6(8)11/h3-4H,1-2H3,(H,13,14). The van der Waals surface area contributed by atoms with Crippen molar-refractivity contribution in [2.75, 3.05) is 19.5 Å². The molecule has 1 rings (SSSR count). The maximum absolute atomic E-state index is 10.9. The number of amides is 1. The molecule has 84 valence electrons. The van der Waals surface area contributed by atoms with Gasteiger partial charge in [-0.05, 0) is 0 Å². The highest BCUT2D eigenvalue weighted by Crippen LogP contribution is 2.35. The Bertz CT molecular complexity index is 454. The van der Waals surface area contributed by atoms with E-state index in [9.17, 15) is 4.79 Å². The van der Waals surface area contributed by atoms with Crippen LogP contribution in [0.15, 0.2) is 12.1 Å². The first-order valence-corrected chi connectivity index (χ1v) is 4.62. The van der Waals surface area contributed by atoms with E-state index >= 15 is 0 Å². The lowest BCUT2D eigenvalue weighted by atomic mass is 10.2. The quantitative estimate of drug-likeness (QED) is 0.818. The van der Waals surface area contributed by atoms with Crippen LogP contribution < -0.4 is 14.8 Å². The number of nitriles is 1. The molecule has 1 aromatic carbocycles. The summed E-state index contributed by atoms with van der Waals surface area (Å²) in [7, 11) is 2.88. The Morgan fingerprint density at radius 1 is 1.38 bits per heavy atom. The predicted molar refractivity (Wildman–Crippen MR) is 58.8 cm³/mol. The monoisotopic (exact) mass is 240 g/mol. The fraction of sp³-hybridized carbons (Fsp3) is 0.200. The SMILES string of the molecule is COc1cc(NC(=O)C#N)c(OC)cc1Cl. The van der Waals surface area contributed by atoms with Gasteiger partial charge in [-0.25, -0.2) is 0 Å². The van der Waals surface area contributed by atoms with Gasteiger partial charge in [-0.1, -0.05) is 11.6 Å². The number of carbonyl (C=O) groups excluding carboxylic acids is 1. The number of carbonyl (C=O) groups is 1. The number of anilines is 1. The molecule has 0 aliphatic rings. The highest BCUT2D eigenvalue weighted by atomic mass is 35.5. The maximum atomic E-state index is 10.9. The first kappa shape index (κ1) is 12.1. The van der Waals surface area contributed by atoms with E-state index in [2.05, 4.69) is 5.32 Å². The van der Waals surface area contributed by atoms with Crippen molar-refractivity contribution in [2.45, 2.75) is 0 Å². The molecule has 0 aromatic heterocycles. The van der Waals surface area contributed by atoms with Gasteiger partial charge >= 0.3 is 5.91 Å². The van der Waals surface area contributed by atoms with Gasteiger partial charge in [0.25, 0.3) is 0 Å². The van der Waals surface area contributed by atoms with Gasteiger partial charge in [-0.3, -0.25) is 4.79 Å². The number of nitrogens with zero attached hydrogens (tertiary/aromatic N) is 1. The van der Waals surface area contributed by atoms with Crippen LogP contribution in [0.2, 0.25) is 5.02 Å². The minimum Gasteiger partial charge on any atom is -0.495 e. The lowest BCUT2D eigenvalue weighted by Gasteiger charge is -2.11. The van der Waals surface area contributed by atoms with Crippen LogP contribution in [-0.4, -0.2) is 20.1 Å². The van der Waals surface area contributed by atoms with Gasteiger partial charge in [-0.2, -0.15) is 5.26 Å². The zero-order valence-electron chi connectivity index (χ0n) is 8.70. The van der Waals surface area contributed by atoms with Crippen molar-refractivity contribution < 1.29 is 14.3 Å². The average Bonchev–Trinajstić information content (AvgIpc) is 2.30. The summed E-state index contributed by atoms with van der Waals surface area (Å²) in [6.45, 7) is 0. The van der Waals surface area contributed by atoms with Gasteiger partial charge in [0.05, 0.1) is 24.9 Å². The topological polar surface area (TPSA) is 71.3 Å². The smallest absolute Gasteiger partial charge is 0.326 e. The Kier molecular flexibility index (Phi) is 3.97. The molecule has 16 heavy (non-hydrogen) atoms. The van der Waals surface area contributed by atoms with Crippen molar-refractivity contribution in [1.82, 2.24) is 0 Å². The van der Waals surface area contributed by atoms with Crippen LogP contribution in [0.25, 0.3) is 0 Å². The van der Waals surface area contributed by atoms with Crippen molar-refractivity contribution in [1.29, 1.82) is 5.26 Å². The van der Waals surface area contributed by atoms with Gasteiger partial charge in [-0.15, -0.1) is 0 Å². The van der Waals surface area contributed by atoms with E-state index in [1.54, 1.807) is 0 Å². The van der Waals surface area contributed by atoms with Crippen molar-refractivity contribution in [3.8, 4) is 17.6 Å². The molecule has 0 unspecified atom stereocenters. The molecule has 0 radical (unpaired) electrons. The minimum atomic E-state index is -0.789. The van der Waals surface area contributed by atoms with Gasteiger partial charge in [0.15, 0.2) is 6.07 Å². The fourth-order valence-electron chi connectivity index (χ4n) is 1.11. The summed E-state index contributed by atoms with van der Waals surface area (Å²) in [5.41, 5.74) is 0.329. The first-order valence-electron chi connectivity index (χ1n) is 4.25. The van der Waals surface area contributed by atoms with Crippen molar-refractivity contribution in [2.24, 2.45) is 0 Å². The number of ether oxygens (including phenoxy) is 2. The normalized spacial score (nSPS) is 9.12. The minimum absolute atomic E-state index is 0.329. The molecule has 0 saturated carbocycles. The van der Waals surface area contributed by atoms with Crippen molar-refractivity contribution >= 4 is 23.2 Å². The Morgan fingerprint density at radius 2 is 2.00 bits per heavy atom. The average molecular weight is 241 g/mol. The number of hydrogen-bond donors (Lipinski definition) is 1. The summed E-state index contributed by atoms with van der Waals surface area (Å²) in [5, 5.41) is 11.1. The van der Waals surface area contributed by atoms with Crippen LogP contribution in [0, 0.1) is 11.3 Å². The van der Waals surface area contributed by atoms with E-state index in [-0.39, 0.29) is 0 Å². The number of rotatable bonds is 3. The third-order valence-electron chi connectivity index (χ3n) is 1.82. The summed E-state index contributed by atoms with van der Waals surface area (Å²) in [6.07, 6.45) is 0. The highest BCUT2D eigenvalue weighted by molar-refractivity contribution is 6.32. The molecular formula is C10H9ClN2O3. The number of halogens is 1. The first-order chi connectivity index (χ1) is 7.62. The summed E-state index contributed by atoms with van der Waals surface area (Å²) < 4.78 is 9.99. The van der Waals surface area contributed by atoms with E-state index in [4.69, 9.17) is 26.3 Å². The molecule has 0 bridgehead atoms. The molecule has 1 aromatic rings. The molecule has 0 aliphatic heterocycles. The zero-order chi connectivity index (χ0) is 12.1. The van der Waals surface area contributed by atoms with Crippen LogP contribution in [-0.2, 0) is 4.79 Å². The van der Waals surface area contributed by atoms with Gasteiger partial charge in [0.1, 0.15) is 11.5 Å². The van der Waals surface area contributed by atoms with Gasteiger partial charge < -0.3 is 14.8 Å². The highest BCUT2D eigenvalue weighted by Gasteiger charge is 2.11. The molecule has 0 aliphatic carbocycles. The van der Waals surface area contributed by atoms with E-state index in [0.29, 0.717) is 22.2 Å². The third-order valence-corrected chi connectivity index (χ3v) is 2.12. The van der Waals surface area contributed by atoms with Crippen LogP contribution in [0.4, 0.5) is 5.69 Å². The molecule has 5 nitrogen and oxygen atoms in total. The Morgan fingerprint density at radius 3 is 2.50 bits per heavy atom. The summed E-state index contributed by atoms with van der Waals surface area (Å²) >= 11 is 5.87. The number of benzene rings is 1. The van der Waals surface area contributed by atoms with Crippen LogP contribution >= 0.6 is 11.6 Å². The number of methoxy groups -OCH3 is 2. The van der Waals surface area contributed by atoms with E-state index in [0.717, 1.165) is 0 Å². The van der Waals surface area contributed by atoms with Crippen LogP contribution in [0.3, 0.4) is 0 Å².